The van der Waals surface area contributed by atoms with Gasteiger partial charge in [0.2, 0.25) is 0 Å². The van der Waals surface area contributed by atoms with Gasteiger partial charge in [0.25, 0.3) is 0 Å². The topological polar surface area (TPSA) is 24.1 Å². The molecular formula is C17H26N2. The van der Waals surface area contributed by atoms with Gasteiger partial charge in [0.05, 0.1) is 0 Å². The number of hydrogen-bond donors (Lipinski definition) is 2. The van der Waals surface area contributed by atoms with Gasteiger partial charge < -0.3 is 10.6 Å². The van der Waals surface area contributed by atoms with Crippen molar-refractivity contribution < 1.29 is 0 Å². The van der Waals surface area contributed by atoms with Gasteiger partial charge in [0.1, 0.15) is 0 Å². The third-order valence-electron chi connectivity index (χ3n) is 4.65. The monoisotopic (exact) mass is 258 g/mol. The van der Waals surface area contributed by atoms with E-state index in [2.05, 4.69) is 34.9 Å². The minimum atomic E-state index is 0.550. The Labute approximate surface area is 117 Å². The quantitative estimate of drug-likeness (QED) is 0.793. The zero-order valence-corrected chi connectivity index (χ0v) is 11.8. The maximum atomic E-state index is 3.95. The first kappa shape index (κ1) is 13.1. The third-order valence-corrected chi connectivity index (χ3v) is 4.65. The van der Waals surface area contributed by atoms with Crippen LogP contribution in [0.15, 0.2) is 24.3 Å². The fourth-order valence-corrected chi connectivity index (χ4v) is 3.56. The van der Waals surface area contributed by atoms with Crippen LogP contribution < -0.4 is 10.6 Å². The van der Waals surface area contributed by atoms with Gasteiger partial charge in [-0.05, 0) is 36.9 Å². The van der Waals surface area contributed by atoms with Crippen molar-refractivity contribution in [3.63, 3.8) is 0 Å². The van der Waals surface area contributed by atoms with Crippen molar-refractivity contribution in [1.29, 1.82) is 0 Å². The van der Waals surface area contributed by atoms with E-state index in [1.165, 1.54) is 56.1 Å². The lowest BCUT2D eigenvalue weighted by atomic mass is 9.97. The second-order valence-electron chi connectivity index (χ2n) is 6.07. The molecule has 1 aliphatic carbocycles. The molecule has 1 heterocycles. The average molecular weight is 258 g/mol. The van der Waals surface area contributed by atoms with Crippen LogP contribution >= 0.6 is 0 Å². The van der Waals surface area contributed by atoms with E-state index in [1.54, 1.807) is 0 Å². The highest BCUT2D eigenvalue weighted by Gasteiger charge is 2.21. The normalized spacial score (nSPS) is 25.4. The van der Waals surface area contributed by atoms with Crippen molar-refractivity contribution in [2.75, 3.05) is 6.54 Å². The Morgan fingerprint density at radius 3 is 2.58 bits per heavy atom. The van der Waals surface area contributed by atoms with Crippen molar-refractivity contribution in [2.45, 2.75) is 63.6 Å². The fourth-order valence-electron chi connectivity index (χ4n) is 3.56. The van der Waals surface area contributed by atoms with Crippen LogP contribution in [-0.4, -0.2) is 12.6 Å². The van der Waals surface area contributed by atoms with Crippen LogP contribution in [0.3, 0.4) is 0 Å². The number of benzene rings is 1. The smallest absolute Gasteiger partial charge is 0.0337 e. The Morgan fingerprint density at radius 2 is 1.74 bits per heavy atom. The lowest BCUT2D eigenvalue weighted by molar-refractivity contribution is 0.385. The minimum absolute atomic E-state index is 0.550. The molecule has 104 valence electrons. The van der Waals surface area contributed by atoms with Gasteiger partial charge in [-0.1, -0.05) is 49.9 Å². The minimum Gasteiger partial charge on any atom is -0.313 e. The average Bonchev–Trinajstić information content (AvgIpc) is 2.81. The summed E-state index contributed by atoms with van der Waals surface area (Å²) >= 11 is 0. The van der Waals surface area contributed by atoms with Gasteiger partial charge in [-0.3, -0.25) is 0 Å². The highest BCUT2D eigenvalue weighted by molar-refractivity contribution is 5.31. The highest BCUT2D eigenvalue weighted by atomic mass is 15.0. The van der Waals surface area contributed by atoms with Gasteiger partial charge >= 0.3 is 0 Å². The molecular weight excluding hydrogens is 232 g/mol. The van der Waals surface area contributed by atoms with Gasteiger partial charge in [0, 0.05) is 18.6 Å². The second-order valence-corrected chi connectivity index (χ2v) is 6.07. The molecule has 0 spiro atoms. The maximum absolute atomic E-state index is 3.95. The van der Waals surface area contributed by atoms with Crippen molar-refractivity contribution >= 4 is 0 Å². The van der Waals surface area contributed by atoms with E-state index in [1.807, 2.05) is 0 Å². The van der Waals surface area contributed by atoms with E-state index in [-0.39, 0.29) is 0 Å². The molecule has 0 aromatic heterocycles. The van der Waals surface area contributed by atoms with E-state index in [0.717, 1.165) is 19.1 Å². The largest absolute Gasteiger partial charge is 0.313 e. The van der Waals surface area contributed by atoms with Crippen LogP contribution in [0, 0.1) is 0 Å². The zero-order chi connectivity index (χ0) is 12.9. The fraction of sp³-hybridized carbons (Fsp3) is 0.647. The van der Waals surface area contributed by atoms with E-state index in [9.17, 15) is 0 Å². The lowest BCUT2D eigenvalue weighted by Crippen LogP contribution is -2.33. The molecule has 1 aliphatic heterocycles. The molecule has 0 radical (unpaired) electrons. The summed E-state index contributed by atoms with van der Waals surface area (Å²) in [5, 5.41) is 7.50. The molecule has 19 heavy (non-hydrogen) atoms. The molecule has 0 amide bonds. The van der Waals surface area contributed by atoms with Gasteiger partial charge in [-0.2, -0.15) is 0 Å². The number of fused-ring (bicyclic) bond motifs is 1. The van der Waals surface area contributed by atoms with Gasteiger partial charge in [-0.15, -0.1) is 0 Å². The first-order chi connectivity index (χ1) is 9.43. The highest BCUT2D eigenvalue weighted by Crippen LogP contribution is 2.26. The molecule has 2 aliphatic rings. The van der Waals surface area contributed by atoms with Crippen LogP contribution in [0.5, 0.6) is 0 Å². The first-order valence-corrected chi connectivity index (χ1v) is 7.98. The number of nitrogens with one attached hydrogen (secondary N) is 2. The predicted molar refractivity (Wildman–Crippen MR) is 80.1 cm³/mol. The van der Waals surface area contributed by atoms with Crippen LogP contribution in [0.2, 0.25) is 0 Å². The Hall–Kier alpha value is -0.860. The molecule has 1 aromatic rings. The van der Waals surface area contributed by atoms with Crippen LogP contribution in [0.1, 0.15) is 62.1 Å². The van der Waals surface area contributed by atoms with E-state index in [4.69, 9.17) is 0 Å². The van der Waals surface area contributed by atoms with Crippen molar-refractivity contribution in [3.8, 4) is 0 Å². The van der Waals surface area contributed by atoms with Crippen LogP contribution in [-0.2, 0) is 6.54 Å². The Kier molecular flexibility index (Phi) is 4.52. The molecule has 0 saturated heterocycles. The summed E-state index contributed by atoms with van der Waals surface area (Å²) in [5.41, 5.74) is 3.00. The van der Waals surface area contributed by atoms with Crippen molar-refractivity contribution in [3.05, 3.63) is 35.4 Å². The molecule has 1 aromatic carbocycles. The summed E-state index contributed by atoms with van der Waals surface area (Å²) in [5.74, 6) is 0. The summed E-state index contributed by atoms with van der Waals surface area (Å²) < 4.78 is 0. The van der Waals surface area contributed by atoms with Gasteiger partial charge in [0.15, 0.2) is 0 Å². The van der Waals surface area contributed by atoms with Crippen molar-refractivity contribution in [2.24, 2.45) is 0 Å². The Morgan fingerprint density at radius 1 is 0.947 bits per heavy atom. The molecule has 2 N–H and O–H groups in total. The molecule has 1 atom stereocenters. The number of hydrogen-bond acceptors (Lipinski definition) is 2. The van der Waals surface area contributed by atoms with Crippen molar-refractivity contribution in [1.82, 2.24) is 10.6 Å². The van der Waals surface area contributed by atoms with Crippen LogP contribution in [0.25, 0.3) is 0 Å². The second kappa shape index (κ2) is 6.53. The maximum Gasteiger partial charge on any atom is 0.0337 e. The Balaban J connectivity index is 1.72. The zero-order valence-electron chi connectivity index (χ0n) is 11.8. The summed E-state index contributed by atoms with van der Waals surface area (Å²) in [6.45, 7) is 2.15. The lowest BCUT2D eigenvalue weighted by Gasteiger charge is -2.25. The van der Waals surface area contributed by atoms with E-state index >= 15 is 0 Å². The predicted octanol–water partition coefficient (Wildman–Crippen LogP) is 3.53. The molecule has 3 rings (SSSR count). The summed E-state index contributed by atoms with van der Waals surface area (Å²) in [6, 6.07) is 10.2. The standard InChI is InChI=1S/C17H26N2/c1-2-4-9-15(8-3-1)19-17-11-12-18-13-14-7-5-6-10-16(14)17/h5-7,10,15,17-19H,1-4,8-9,11-13H2. The molecule has 1 fully saturated rings. The SMILES string of the molecule is c1ccc2c(c1)CNCCC2NC1CCCCCC1. The van der Waals surface area contributed by atoms with E-state index in [0.29, 0.717) is 6.04 Å². The van der Waals surface area contributed by atoms with Crippen LogP contribution in [0.4, 0.5) is 0 Å². The molecule has 1 saturated carbocycles. The molecule has 0 bridgehead atoms. The molecule has 2 heteroatoms. The summed E-state index contributed by atoms with van der Waals surface area (Å²) in [4.78, 5) is 0. The molecule has 1 unspecified atom stereocenters. The first-order valence-electron chi connectivity index (χ1n) is 7.98. The van der Waals surface area contributed by atoms with E-state index < -0.39 is 0 Å². The Bertz CT molecular complexity index is 394. The van der Waals surface area contributed by atoms with Gasteiger partial charge in [-0.25, -0.2) is 0 Å². The molecule has 2 nitrogen and oxygen atoms in total. The number of rotatable bonds is 2. The summed E-state index contributed by atoms with van der Waals surface area (Å²) in [6.07, 6.45) is 9.63. The summed E-state index contributed by atoms with van der Waals surface area (Å²) in [7, 11) is 0. The third kappa shape index (κ3) is 3.37.